The van der Waals surface area contributed by atoms with Crippen molar-refractivity contribution in [3.8, 4) is 0 Å². The highest BCUT2D eigenvalue weighted by atomic mass is 35.5. The number of amides is 1. The van der Waals surface area contributed by atoms with Gasteiger partial charge in [-0.1, -0.05) is 29.8 Å². The summed E-state index contributed by atoms with van der Waals surface area (Å²) >= 11 is 12.0. The molecule has 0 aliphatic carbocycles. The van der Waals surface area contributed by atoms with E-state index in [1.807, 2.05) is 0 Å². The largest absolute Gasteiger partial charge is 0.354 e. The van der Waals surface area contributed by atoms with Gasteiger partial charge in [0.15, 0.2) is 0 Å². The topological polar surface area (TPSA) is 41.1 Å². The van der Waals surface area contributed by atoms with Crippen LogP contribution in [0, 0.1) is 0 Å². The maximum absolute atomic E-state index is 11.8. The highest BCUT2D eigenvalue weighted by Crippen LogP contribution is 2.33. The van der Waals surface area contributed by atoms with Crippen LogP contribution in [-0.4, -0.2) is 5.91 Å². The van der Waals surface area contributed by atoms with Crippen molar-refractivity contribution >= 4 is 29.1 Å². The van der Waals surface area contributed by atoms with E-state index in [0.717, 1.165) is 0 Å². The Hall–Kier alpha value is -1.19. The summed E-state index contributed by atoms with van der Waals surface area (Å²) in [6.45, 7) is 5.39. The summed E-state index contributed by atoms with van der Waals surface area (Å²) in [5.74, 6) is 0.269. The Morgan fingerprint density at radius 3 is 2.62 bits per heavy atom. The second kappa shape index (κ2) is 3.68. The van der Waals surface area contributed by atoms with Crippen LogP contribution in [0.4, 0.5) is 0 Å². The van der Waals surface area contributed by atoms with Gasteiger partial charge in [0, 0.05) is 15.6 Å². The van der Waals surface area contributed by atoms with Crippen LogP contribution in [-0.2, 0) is 10.3 Å². The Morgan fingerprint density at radius 2 is 2.06 bits per heavy atom. The predicted molar refractivity (Wildman–Crippen MR) is 64.2 cm³/mol. The summed E-state index contributed by atoms with van der Waals surface area (Å²) < 4.78 is 0. The number of benzene rings is 1. The molecular weight excluding hydrogens is 247 g/mol. The first-order chi connectivity index (χ1) is 7.43. The van der Waals surface area contributed by atoms with E-state index >= 15 is 0 Å². The van der Waals surface area contributed by atoms with Crippen molar-refractivity contribution in [3.05, 3.63) is 46.2 Å². The van der Waals surface area contributed by atoms with Gasteiger partial charge in [-0.15, -0.1) is 0 Å². The number of rotatable bonds is 1. The number of hydrogen-bond acceptors (Lipinski definition) is 2. The average molecular weight is 257 g/mol. The minimum Gasteiger partial charge on any atom is -0.354 e. The SMILES string of the molecule is C=C1NC(=O)C(C)(c2cc(Cl)ccc2Cl)N1. The van der Waals surface area contributed by atoms with E-state index in [1.165, 1.54) is 0 Å². The lowest BCUT2D eigenvalue weighted by molar-refractivity contribution is -0.123. The predicted octanol–water partition coefficient (Wildman–Crippen LogP) is 2.40. The van der Waals surface area contributed by atoms with Gasteiger partial charge in [-0.2, -0.15) is 0 Å². The molecule has 3 nitrogen and oxygen atoms in total. The molecule has 1 amide bonds. The van der Waals surface area contributed by atoms with E-state index in [2.05, 4.69) is 17.2 Å². The molecule has 2 rings (SSSR count). The Bertz CT molecular complexity index is 487. The fourth-order valence-electron chi connectivity index (χ4n) is 1.72. The molecule has 0 spiro atoms. The molecule has 2 N–H and O–H groups in total. The molecule has 1 unspecified atom stereocenters. The third kappa shape index (κ3) is 1.66. The first kappa shape index (κ1) is 11.3. The van der Waals surface area contributed by atoms with Gasteiger partial charge in [-0.3, -0.25) is 4.79 Å². The van der Waals surface area contributed by atoms with Gasteiger partial charge in [0.1, 0.15) is 5.54 Å². The molecule has 1 aliphatic rings. The highest BCUT2D eigenvalue weighted by Gasteiger charge is 2.42. The number of nitrogens with one attached hydrogen (secondary N) is 2. The molecule has 1 aromatic rings. The molecule has 84 valence electrons. The van der Waals surface area contributed by atoms with Crippen LogP contribution < -0.4 is 10.6 Å². The van der Waals surface area contributed by atoms with E-state index in [1.54, 1.807) is 25.1 Å². The van der Waals surface area contributed by atoms with E-state index in [4.69, 9.17) is 23.2 Å². The maximum atomic E-state index is 11.8. The second-order valence-corrected chi connectivity index (χ2v) is 4.65. The van der Waals surface area contributed by atoms with Crippen molar-refractivity contribution < 1.29 is 4.79 Å². The quantitative estimate of drug-likeness (QED) is 0.811. The Morgan fingerprint density at radius 1 is 1.38 bits per heavy atom. The second-order valence-electron chi connectivity index (χ2n) is 3.81. The standard InChI is InChI=1S/C11H10Cl2N2O/c1-6-14-10(16)11(2,15-6)8-5-7(12)3-4-9(8)13/h3-5,15H,1H2,2H3,(H,14,16). The third-order valence-corrected chi connectivity index (χ3v) is 3.15. The molecular formula is C11H10Cl2N2O. The molecule has 0 bridgehead atoms. The van der Waals surface area contributed by atoms with Crippen molar-refractivity contribution in [1.82, 2.24) is 10.6 Å². The molecule has 1 aliphatic heterocycles. The van der Waals surface area contributed by atoms with Gasteiger partial charge >= 0.3 is 0 Å². The van der Waals surface area contributed by atoms with Crippen LogP contribution in [0.15, 0.2) is 30.6 Å². The lowest BCUT2D eigenvalue weighted by Gasteiger charge is -2.23. The monoisotopic (exact) mass is 256 g/mol. The summed E-state index contributed by atoms with van der Waals surface area (Å²) in [7, 11) is 0. The minimum absolute atomic E-state index is 0.193. The zero-order valence-corrected chi connectivity index (χ0v) is 10.1. The van der Waals surface area contributed by atoms with Crippen LogP contribution in [0.3, 0.4) is 0 Å². The van der Waals surface area contributed by atoms with Crippen molar-refractivity contribution in [1.29, 1.82) is 0 Å². The van der Waals surface area contributed by atoms with Crippen molar-refractivity contribution in [2.75, 3.05) is 0 Å². The Kier molecular flexibility index (Phi) is 2.60. The number of hydrogen-bond donors (Lipinski definition) is 2. The Balaban J connectivity index is 2.55. The molecule has 5 heteroatoms. The molecule has 16 heavy (non-hydrogen) atoms. The molecule has 1 fully saturated rings. The average Bonchev–Trinajstić information content (AvgIpc) is 2.46. The molecule has 0 aromatic heterocycles. The van der Waals surface area contributed by atoms with E-state index in [0.29, 0.717) is 21.4 Å². The van der Waals surface area contributed by atoms with Gasteiger partial charge in [0.2, 0.25) is 0 Å². The molecule has 1 atom stereocenters. The van der Waals surface area contributed by atoms with Gasteiger partial charge in [-0.25, -0.2) is 0 Å². The normalized spacial score (nSPS) is 24.2. The van der Waals surface area contributed by atoms with Gasteiger partial charge < -0.3 is 10.6 Å². The van der Waals surface area contributed by atoms with Crippen LogP contribution in [0.1, 0.15) is 12.5 Å². The number of halogens is 2. The van der Waals surface area contributed by atoms with Crippen LogP contribution in [0.25, 0.3) is 0 Å². The molecule has 0 radical (unpaired) electrons. The van der Waals surface area contributed by atoms with Gasteiger partial charge in [0.05, 0.1) is 5.82 Å². The third-order valence-electron chi connectivity index (χ3n) is 2.59. The first-order valence-electron chi connectivity index (χ1n) is 4.67. The summed E-state index contributed by atoms with van der Waals surface area (Å²) in [6, 6.07) is 5.02. The van der Waals surface area contributed by atoms with Crippen molar-refractivity contribution in [2.45, 2.75) is 12.5 Å². The fraction of sp³-hybridized carbons (Fsp3) is 0.182. The number of carbonyl (C=O) groups excluding carboxylic acids is 1. The molecule has 1 heterocycles. The van der Waals surface area contributed by atoms with E-state index < -0.39 is 5.54 Å². The molecule has 1 saturated heterocycles. The Labute approximate surface area is 103 Å². The van der Waals surface area contributed by atoms with Crippen LogP contribution >= 0.6 is 23.2 Å². The fourth-order valence-corrected chi connectivity index (χ4v) is 2.20. The van der Waals surface area contributed by atoms with Gasteiger partial charge in [-0.05, 0) is 25.1 Å². The maximum Gasteiger partial charge on any atom is 0.255 e. The van der Waals surface area contributed by atoms with Crippen molar-refractivity contribution in [3.63, 3.8) is 0 Å². The van der Waals surface area contributed by atoms with Crippen LogP contribution in [0.5, 0.6) is 0 Å². The minimum atomic E-state index is -0.918. The van der Waals surface area contributed by atoms with E-state index in [-0.39, 0.29) is 5.91 Å². The van der Waals surface area contributed by atoms with E-state index in [9.17, 15) is 4.79 Å². The highest BCUT2D eigenvalue weighted by molar-refractivity contribution is 6.34. The first-order valence-corrected chi connectivity index (χ1v) is 5.43. The summed E-state index contributed by atoms with van der Waals surface area (Å²) in [6.07, 6.45) is 0. The lowest BCUT2D eigenvalue weighted by atomic mass is 9.92. The summed E-state index contributed by atoms with van der Waals surface area (Å²) in [4.78, 5) is 11.8. The lowest BCUT2D eigenvalue weighted by Crippen LogP contribution is -2.40. The van der Waals surface area contributed by atoms with Crippen molar-refractivity contribution in [2.24, 2.45) is 0 Å². The smallest absolute Gasteiger partial charge is 0.255 e. The zero-order valence-electron chi connectivity index (χ0n) is 8.60. The summed E-state index contributed by atoms with van der Waals surface area (Å²) in [5, 5.41) is 6.60. The van der Waals surface area contributed by atoms with Gasteiger partial charge in [0.25, 0.3) is 5.91 Å². The molecule has 1 aromatic carbocycles. The zero-order chi connectivity index (χ0) is 11.9. The summed E-state index contributed by atoms with van der Waals surface area (Å²) in [5.41, 5.74) is -0.281. The molecule has 0 saturated carbocycles. The number of carbonyl (C=O) groups is 1. The van der Waals surface area contributed by atoms with Crippen LogP contribution in [0.2, 0.25) is 10.0 Å².